The molecule has 0 amide bonds. The second kappa shape index (κ2) is 5.28. The summed E-state index contributed by atoms with van der Waals surface area (Å²) in [6.07, 6.45) is 0. The van der Waals surface area contributed by atoms with Gasteiger partial charge in [0.25, 0.3) is 5.69 Å². The van der Waals surface area contributed by atoms with Crippen molar-refractivity contribution in [3.8, 4) is 11.3 Å². The molecule has 0 aliphatic heterocycles. The van der Waals surface area contributed by atoms with Crippen LogP contribution < -0.4 is 0 Å². The lowest BCUT2D eigenvalue weighted by Crippen LogP contribution is -1.96. The Hall–Kier alpha value is -2.99. The summed E-state index contributed by atoms with van der Waals surface area (Å²) in [5.41, 5.74) is 3.02. The van der Waals surface area contributed by atoms with Gasteiger partial charge in [-0.15, -0.1) is 0 Å². The van der Waals surface area contributed by atoms with Gasteiger partial charge in [-0.3, -0.25) is 14.5 Å². The lowest BCUT2D eigenvalue weighted by atomic mass is 10.1. The molecule has 0 unspecified atom stereocenters. The highest BCUT2D eigenvalue weighted by Gasteiger charge is 2.18. The number of aromatic nitrogens is 3. The van der Waals surface area contributed by atoms with Crippen molar-refractivity contribution in [2.75, 3.05) is 0 Å². The fourth-order valence-electron chi connectivity index (χ4n) is 2.85. The number of hydrogen-bond donors (Lipinski definition) is 0. The number of hydrogen-bond acceptors (Lipinski definition) is 4. The Labute approximate surface area is 141 Å². The standard InChI is InChI=1S/C17H11ClN4O2/c1-10-19-15(11-5-3-2-4-6-11)17-20-16(18)13-9-12(22(23)24)7-8-14(13)21(10)17/h2-9H,1H3. The fourth-order valence-corrected chi connectivity index (χ4v) is 3.08. The van der Waals surface area contributed by atoms with E-state index in [-0.39, 0.29) is 10.8 Å². The quantitative estimate of drug-likeness (QED) is 0.308. The number of imidazole rings is 1. The number of rotatable bonds is 2. The first kappa shape index (κ1) is 14.6. The summed E-state index contributed by atoms with van der Waals surface area (Å²) >= 11 is 6.31. The lowest BCUT2D eigenvalue weighted by Gasteiger charge is -2.06. The van der Waals surface area contributed by atoms with Gasteiger partial charge in [0, 0.05) is 23.1 Å². The van der Waals surface area contributed by atoms with Gasteiger partial charge in [0.2, 0.25) is 0 Å². The van der Waals surface area contributed by atoms with E-state index in [1.54, 1.807) is 6.07 Å². The number of fused-ring (bicyclic) bond motifs is 3. The minimum absolute atomic E-state index is 0.0217. The van der Waals surface area contributed by atoms with E-state index in [1.807, 2.05) is 41.7 Å². The lowest BCUT2D eigenvalue weighted by molar-refractivity contribution is -0.384. The highest BCUT2D eigenvalue weighted by Crippen LogP contribution is 2.31. The van der Waals surface area contributed by atoms with E-state index < -0.39 is 4.92 Å². The Balaban J connectivity index is 2.10. The smallest absolute Gasteiger partial charge is 0.270 e. The second-order valence-corrected chi connectivity index (χ2v) is 5.75. The largest absolute Gasteiger partial charge is 0.280 e. The summed E-state index contributed by atoms with van der Waals surface area (Å²) in [5.74, 6) is 0.742. The maximum atomic E-state index is 11.0. The predicted octanol–water partition coefficient (Wildman–Crippen LogP) is 4.42. The van der Waals surface area contributed by atoms with Crippen LogP contribution in [0.2, 0.25) is 5.15 Å². The van der Waals surface area contributed by atoms with E-state index in [4.69, 9.17) is 11.6 Å². The molecule has 0 saturated carbocycles. The van der Waals surface area contributed by atoms with Crippen molar-refractivity contribution in [3.63, 3.8) is 0 Å². The van der Waals surface area contributed by atoms with E-state index in [1.165, 1.54) is 12.1 Å². The highest BCUT2D eigenvalue weighted by molar-refractivity contribution is 6.34. The molecule has 0 aliphatic rings. The van der Waals surface area contributed by atoms with Gasteiger partial charge in [-0.1, -0.05) is 41.9 Å². The molecule has 0 radical (unpaired) electrons. The molecule has 4 aromatic rings. The van der Waals surface area contributed by atoms with Crippen molar-refractivity contribution in [3.05, 3.63) is 69.6 Å². The maximum absolute atomic E-state index is 11.0. The van der Waals surface area contributed by atoms with Crippen LogP contribution in [-0.2, 0) is 0 Å². The minimum atomic E-state index is -0.448. The number of nitro groups is 1. The van der Waals surface area contributed by atoms with Crippen molar-refractivity contribution in [1.29, 1.82) is 0 Å². The number of nitrogens with zero attached hydrogens (tertiary/aromatic N) is 4. The third kappa shape index (κ3) is 2.11. The molecule has 118 valence electrons. The average molecular weight is 339 g/mol. The van der Waals surface area contributed by atoms with Gasteiger partial charge in [0.05, 0.1) is 10.4 Å². The molecule has 24 heavy (non-hydrogen) atoms. The van der Waals surface area contributed by atoms with Crippen molar-refractivity contribution >= 4 is 33.8 Å². The molecule has 2 heterocycles. The molecule has 0 aliphatic carbocycles. The summed E-state index contributed by atoms with van der Waals surface area (Å²) < 4.78 is 1.87. The van der Waals surface area contributed by atoms with Crippen LogP contribution in [0.25, 0.3) is 27.8 Å². The van der Waals surface area contributed by atoms with E-state index in [0.717, 1.165) is 22.6 Å². The zero-order valence-corrected chi connectivity index (χ0v) is 13.4. The Morgan fingerprint density at radius 2 is 1.88 bits per heavy atom. The molecule has 4 rings (SSSR count). The minimum Gasteiger partial charge on any atom is -0.280 e. The van der Waals surface area contributed by atoms with Gasteiger partial charge in [0.15, 0.2) is 5.65 Å². The SMILES string of the molecule is Cc1nc(-c2ccccc2)c2nc(Cl)c3cc([N+](=O)[O-])ccc3n12. The summed E-state index contributed by atoms with van der Waals surface area (Å²) in [6.45, 7) is 1.87. The van der Waals surface area contributed by atoms with Crippen LogP contribution in [-0.4, -0.2) is 19.3 Å². The van der Waals surface area contributed by atoms with Crippen LogP contribution in [0.4, 0.5) is 5.69 Å². The zero-order chi connectivity index (χ0) is 16.8. The Morgan fingerprint density at radius 3 is 2.58 bits per heavy atom. The van der Waals surface area contributed by atoms with Crippen LogP contribution in [0.3, 0.4) is 0 Å². The zero-order valence-electron chi connectivity index (χ0n) is 12.6. The second-order valence-electron chi connectivity index (χ2n) is 5.39. The maximum Gasteiger partial charge on any atom is 0.270 e. The molecular formula is C17H11ClN4O2. The van der Waals surface area contributed by atoms with E-state index in [0.29, 0.717) is 11.0 Å². The van der Waals surface area contributed by atoms with Crippen molar-refractivity contribution in [2.45, 2.75) is 6.92 Å². The topological polar surface area (TPSA) is 73.3 Å². The fraction of sp³-hybridized carbons (Fsp3) is 0.0588. The molecule has 0 spiro atoms. The number of nitro benzene ring substituents is 1. The third-order valence-corrected chi connectivity index (χ3v) is 4.21. The summed E-state index contributed by atoms with van der Waals surface area (Å²) in [6, 6.07) is 14.3. The third-order valence-electron chi connectivity index (χ3n) is 3.93. The summed E-state index contributed by atoms with van der Waals surface area (Å²) in [4.78, 5) is 19.6. The first-order valence-corrected chi connectivity index (χ1v) is 7.62. The van der Waals surface area contributed by atoms with Gasteiger partial charge in [-0.05, 0) is 13.0 Å². The number of aryl methyl sites for hydroxylation is 1. The van der Waals surface area contributed by atoms with E-state index in [9.17, 15) is 10.1 Å². The molecule has 0 saturated heterocycles. The predicted molar refractivity (Wildman–Crippen MR) is 92.3 cm³/mol. The van der Waals surface area contributed by atoms with Gasteiger partial charge < -0.3 is 0 Å². The number of benzene rings is 2. The summed E-state index contributed by atoms with van der Waals surface area (Å²) in [5, 5.41) is 11.7. The van der Waals surface area contributed by atoms with Gasteiger partial charge in [-0.25, -0.2) is 9.97 Å². The Kier molecular flexibility index (Phi) is 3.21. The molecule has 0 bridgehead atoms. The van der Waals surface area contributed by atoms with Crippen LogP contribution in [0.5, 0.6) is 0 Å². The number of halogens is 1. The van der Waals surface area contributed by atoms with E-state index >= 15 is 0 Å². The van der Waals surface area contributed by atoms with Crippen LogP contribution in [0.1, 0.15) is 5.82 Å². The van der Waals surface area contributed by atoms with E-state index in [2.05, 4.69) is 9.97 Å². The van der Waals surface area contributed by atoms with Gasteiger partial charge >= 0.3 is 0 Å². The molecular weight excluding hydrogens is 328 g/mol. The Morgan fingerprint density at radius 1 is 1.12 bits per heavy atom. The number of non-ortho nitro benzene ring substituents is 1. The molecule has 6 nitrogen and oxygen atoms in total. The molecule has 0 atom stereocenters. The van der Waals surface area contributed by atoms with Crippen molar-refractivity contribution < 1.29 is 4.92 Å². The first-order valence-electron chi connectivity index (χ1n) is 7.24. The van der Waals surface area contributed by atoms with Crippen LogP contribution >= 0.6 is 11.6 Å². The molecule has 0 N–H and O–H groups in total. The van der Waals surface area contributed by atoms with Crippen molar-refractivity contribution in [2.24, 2.45) is 0 Å². The molecule has 7 heteroatoms. The van der Waals surface area contributed by atoms with Gasteiger partial charge in [-0.2, -0.15) is 0 Å². The van der Waals surface area contributed by atoms with Crippen LogP contribution in [0, 0.1) is 17.0 Å². The molecule has 2 aromatic heterocycles. The molecule has 0 fully saturated rings. The monoisotopic (exact) mass is 338 g/mol. The first-order chi connectivity index (χ1) is 11.6. The molecule has 2 aromatic carbocycles. The van der Waals surface area contributed by atoms with Crippen LogP contribution in [0.15, 0.2) is 48.5 Å². The van der Waals surface area contributed by atoms with Gasteiger partial charge in [0.1, 0.15) is 16.7 Å². The normalized spacial score (nSPS) is 11.2. The van der Waals surface area contributed by atoms with Crippen molar-refractivity contribution in [1.82, 2.24) is 14.4 Å². The summed E-state index contributed by atoms with van der Waals surface area (Å²) in [7, 11) is 0. The average Bonchev–Trinajstić information content (AvgIpc) is 2.92. The Bertz CT molecular complexity index is 1110. The highest BCUT2D eigenvalue weighted by atomic mass is 35.5.